The van der Waals surface area contributed by atoms with E-state index < -0.39 is 18.1 Å². The fraction of sp³-hybridized carbons (Fsp3) is 0.846. The lowest BCUT2D eigenvalue weighted by molar-refractivity contribution is -0.141. The number of carbonyl (C=O) groups is 2. The van der Waals surface area contributed by atoms with Gasteiger partial charge in [-0.15, -0.1) is 0 Å². The van der Waals surface area contributed by atoms with Gasteiger partial charge in [-0.2, -0.15) is 0 Å². The molecular weight excluding hydrogens is 248 g/mol. The molecule has 0 radical (unpaired) electrons. The number of amides is 2. The van der Waals surface area contributed by atoms with E-state index in [1.54, 1.807) is 0 Å². The zero-order valence-corrected chi connectivity index (χ0v) is 11.0. The van der Waals surface area contributed by atoms with Gasteiger partial charge in [-0.25, -0.2) is 9.59 Å². The molecule has 2 aliphatic rings. The van der Waals surface area contributed by atoms with Gasteiger partial charge in [0.15, 0.2) is 0 Å². The number of hydrogen-bond donors (Lipinski definition) is 3. The fourth-order valence-corrected chi connectivity index (χ4v) is 3.00. The summed E-state index contributed by atoms with van der Waals surface area (Å²) in [5, 5.41) is 21.3. The molecule has 108 valence electrons. The van der Waals surface area contributed by atoms with Crippen LogP contribution in [0.25, 0.3) is 0 Å². The third-order valence-corrected chi connectivity index (χ3v) is 4.12. The van der Waals surface area contributed by atoms with Crippen molar-refractivity contribution in [2.45, 2.75) is 50.7 Å². The van der Waals surface area contributed by atoms with Crippen LogP contribution in [0.3, 0.4) is 0 Å². The number of aliphatic hydroxyl groups excluding tert-OH is 1. The number of β-amino-alcohol motifs (C(OH)–C–C–N with tert-alkyl or cyclic N) is 1. The number of carboxylic acids is 1. The molecule has 2 atom stereocenters. The molecule has 2 fully saturated rings. The van der Waals surface area contributed by atoms with E-state index in [-0.39, 0.29) is 11.9 Å². The number of carboxylic acid groups (broad SMARTS) is 1. The first-order valence-corrected chi connectivity index (χ1v) is 7.04. The zero-order valence-electron chi connectivity index (χ0n) is 11.0. The van der Waals surface area contributed by atoms with Gasteiger partial charge in [-0.1, -0.05) is 19.3 Å². The normalized spacial score (nSPS) is 26.2. The molecule has 0 spiro atoms. The number of urea groups is 1. The molecule has 0 aromatic carbocycles. The van der Waals surface area contributed by atoms with Crippen molar-refractivity contribution in [2.75, 3.05) is 13.1 Å². The molecule has 0 aromatic rings. The molecular formula is C13H22N2O4. The first-order chi connectivity index (χ1) is 9.08. The number of nitrogens with zero attached hydrogens (tertiary/aromatic N) is 1. The van der Waals surface area contributed by atoms with E-state index in [4.69, 9.17) is 0 Å². The molecule has 1 aliphatic heterocycles. The summed E-state index contributed by atoms with van der Waals surface area (Å²) in [5.74, 6) is -0.928. The first kappa shape index (κ1) is 14.1. The maximum atomic E-state index is 12.0. The molecule has 6 nitrogen and oxygen atoms in total. The van der Waals surface area contributed by atoms with E-state index in [1.807, 2.05) is 0 Å². The lowest BCUT2D eigenvalue weighted by Crippen LogP contribution is -2.51. The maximum Gasteiger partial charge on any atom is 0.326 e. The Morgan fingerprint density at radius 1 is 1.16 bits per heavy atom. The highest BCUT2D eigenvalue weighted by atomic mass is 16.4. The SMILES string of the molecule is O=C(O)C(NC(=O)N1CCC(O)C1)C1CCCCC1. The Morgan fingerprint density at radius 2 is 1.84 bits per heavy atom. The van der Waals surface area contributed by atoms with Crippen LogP contribution in [-0.4, -0.2) is 52.3 Å². The van der Waals surface area contributed by atoms with Crippen LogP contribution < -0.4 is 5.32 Å². The van der Waals surface area contributed by atoms with Gasteiger partial charge in [0.25, 0.3) is 0 Å². The summed E-state index contributed by atoms with van der Waals surface area (Å²) in [6, 6.07) is -1.17. The minimum atomic E-state index is -0.958. The van der Waals surface area contributed by atoms with Crippen LogP contribution in [0.2, 0.25) is 0 Å². The Hall–Kier alpha value is -1.30. The van der Waals surface area contributed by atoms with E-state index in [2.05, 4.69) is 5.32 Å². The molecule has 0 bridgehead atoms. The molecule has 19 heavy (non-hydrogen) atoms. The van der Waals surface area contributed by atoms with Crippen LogP contribution in [-0.2, 0) is 4.79 Å². The molecule has 1 saturated heterocycles. The minimum absolute atomic E-state index is 0.0303. The Bertz CT molecular complexity index is 342. The van der Waals surface area contributed by atoms with Crippen LogP contribution in [0.4, 0.5) is 4.79 Å². The second kappa shape index (κ2) is 6.23. The largest absolute Gasteiger partial charge is 0.480 e. The molecule has 1 heterocycles. The summed E-state index contributed by atoms with van der Waals surface area (Å²) >= 11 is 0. The number of aliphatic hydroxyl groups is 1. The first-order valence-electron chi connectivity index (χ1n) is 7.04. The van der Waals surface area contributed by atoms with E-state index in [0.29, 0.717) is 19.5 Å². The van der Waals surface area contributed by atoms with Gasteiger partial charge in [0, 0.05) is 13.1 Å². The number of nitrogens with one attached hydrogen (secondary N) is 1. The molecule has 1 aliphatic carbocycles. The summed E-state index contributed by atoms with van der Waals surface area (Å²) < 4.78 is 0. The van der Waals surface area contributed by atoms with Gasteiger partial charge in [0.2, 0.25) is 0 Å². The third kappa shape index (κ3) is 3.59. The predicted molar refractivity (Wildman–Crippen MR) is 68.7 cm³/mol. The van der Waals surface area contributed by atoms with Gasteiger partial charge in [-0.3, -0.25) is 0 Å². The minimum Gasteiger partial charge on any atom is -0.480 e. The molecule has 3 N–H and O–H groups in total. The Balaban J connectivity index is 1.92. The van der Waals surface area contributed by atoms with E-state index in [1.165, 1.54) is 4.90 Å². The zero-order chi connectivity index (χ0) is 13.8. The lowest BCUT2D eigenvalue weighted by atomic mass is 9.84. The Morgan fingerprint density at radius 3 is 2.37 bits per heavy atom. The average molecular weight is 270 g/mol. The second-order valence-corrected chi connectivity index (χ2v) is 5.55. The van der Waals surface area contributed by atoms with Crippen LogP contribution in [0, 0.1) is 5.92 Å². The Labute approximate surface area is 112 Å². The number of likely N-dealkylation sites (tertiary alicyclic amines) is 1. The van der Waals surface area contributed by atoms with Gasteiger partial charge in [0.05, 0.1) is 6.10 Å². The van der Waals surface area contributed by atoms with Crippen molar-refractivity contribution in [3.05, 3.63) is 0 Å². The van der Waals surface area contributed by atoms with Crippen molar-refractivity contribution in [3.8, 4) is 0 Å². The summed E-state index contributed by atoms with van der Waals surface area (Å²) in [4.78, 5) is 24.8. The van der Waals surface area contributed by atoms with Crippen LogP contribution in [0.5, 0.6) is 0 Å². The van der Waals surface area contributed by atoms with Gasteiger partial charge >= 0.3 is 12.0 Å². The highest BCUT2D eigenvalue weighted by Crippen LogP contribution is 2.26. The van der Waals surface area contributed by atoms with E-state index in [0.717, 1.165) is 32.1 Å². The molecule has 2 rings (SSSR count). The molecule has 0 aromatic heterocycles. The number of hydrogen-bond acceptors (Lipinski definition) is 3. The molecule has 2 unspecified atom stereocenters. The van der Waals surface area contributed by atoms with Gasteiger partial charge in [0.1, 0.15) is 6.04 Å². The quantitative estimate of drug-likeness (QED) is 0.707. The van der Waals surface area contributed by atoms with E-state index in [9.17, 15) is 19.8 Å². The van der Waals surface area contributed by atoms with Crippen molar-refractivity contribution in [1.29, 1.82) is 0 Å². The molecule has 1 saturated carbocycles. The third-order valence-electron chi connectivity index (χ3n) is 4.12. The summed E-state index contributed by atoms with van der Waals surface area (Å²) in [6.45, 7) is 0.785. The van der Waals surface area contributed by atoms with Gasteiger partial charge in [-0.05, 0) is 25.2 Å². The number of rotatable bonds is 3. The lowest BCUT2D eigenvalue weighted by Gasteiger charge is -2.29. The highest BCUT2D eigenvalue weighted by Gasteiger charge is 2.33. The molecule has 6 heteroatoms. The van der Waals surface area contributed by atoms with Crippen molar-refractivity contribution in [3.63, 3.8) is 0 Å². The molecule has 2 amide bonds. The second-order valence-electron chi connectivity index (χ2n) is 5.55. The highest BCUT2D eigenvalue weighted by molar-refractivity contribution is 5.83. The summed E-state index contributed by atoms with van der Waals surface area (Å²) in [5.41, 5.74) is 0. The smallest absolute Gasteiger partial charge is 0.326 e. The summed E-state index contributed by atoms with van der Waals surface area (Å²) in [7, 11) is 0. The van der Waals surface area contributed by atoms with Crippen LogP contribution in [0.1, 0.15) is 38.5 Å². The topological polar surface area (TPSA) is 89.9 Å². The summed E-state index contributed by atoms with van der Waals surface area (Å²) in [6.07, 6.45) is 5.02. The number of aliphatic carboxylic acids is 1. The van der Waals surface area contributed by atoms with E-state index >= 15 is 0 Å². The van der Waals surface area contributed by atoms with Crippen LogP contribution >= 0.6 is 0 Å². The number of carbonyl (C=O) groups excluding carboxylic acids is 1. The average Bonchev–Trinajstić information content (AvgIpc) is 2.83. The van der Waals surface area contributed by atoms with Crippen molar-refractivity contribution < 1.29 is 19.8 Å². The van der Waals surface area contributed by atoms with Gasteiger partial charge < -0.3 is 20.4 Å². The predicted octanol–water partition coefficient (Wildman–Crippen LogP) is 0.796. The maximum absolute atomic E-state index is 12.0. The van der Waals surface area contributed by atoms with Crippen molar-refractivity contribution in [2.24, 2.45) is 5.92 Å². The standard InChI is InChI=1S/C13H22N2O4/c16-10-6-7-15(8-10)13(19)14-11(12(17)18)9-4-2-1-3-5-9/h9-11,16H,1-8H2,(H,14,19)(H,17,18). The van der Waals surface area contributed by atoms with Crippen LogP contribution in [0.15, 0.2) is 0 Å². The Kier molecular flexibility index (Phi) is 4.63. The fourth-order valence-electron chi connectivity index (χ4n) is 3.00. The monoisotopic (exact) mass is 270 g/mol. The van der Waals surface area contributed by atoms with Crippen molar-refractivity contribution >= 4 is 12.0 Å². The van der Waals surface area contributed by atoms with Crippen molar-refractivity contribution in [1.82, 2.24) is 10.2 Å².